The summed E-state index contributed by atoms with van der Waals surface area (Å²) in [6.07, 6.45) is -3.42. The molecule has 3 aromatic rings. The molecule has 154 valence electrons. The van der Waals surface area contributed by atoms with Gasteiger partial charge in [-0.25, -0.2) is 15.0 Å². The van der Waals surface area contributed by atoms with Crippen molar-refractivity contribution in [1.29, 1.82) is 0 Å². The van der Waals surface area contributed by atoms with Gasteiger partial charge in [-0.15, -0.1) is 11.3 Å². The second-order valence-corrected chi connectivity index (χ2v) is 7.69. The zero-order valence-corrected chi connectivity index (χ0v) is 17.0. The molecule has 4 rings (SSSR count). The van der Waals surface area contributed by atoms with Crippen LogP contribution in [0.15, 0.2) is 17.8 Å². The van der Waals surface area contributed by atoms with E-state index in [2.05, 4.69) is 25.6 Å². The monoisotopic (exact) mass is 418 g/mol. The number of nitrogens with one attached hydrogen (secondary N) is 2. The molecular weight excluding hydrogens is 396 g/mol. The lowest BCUT2D eigenvalue weighted by Crippen LogP contribution is -2.42. The molecule has 3 aromatic heterocycles. The molecule has 0 aromatic carbocycles. The highest BCUT2D eigenvalue weighted by Crippen LogP contribution is 2.34. The van der Waals surface area contributed by atoms with Gasteiger partial charge in [0.2, 0.25) is 0 Å². The molecule has 0 saturated carbocycles. The highest BCUT2D eigenvalue weighted by atomic mass is 32.1. The molecule has 1 fully saturated rings. The number of carbonyl (C=O) groups excluding carboxylic acids is 1. The van der Waals surface area contributed by atoms with Gasteiger partial charge < -0.3 is 25.6 Å². The molecule has 1 amide bonds. The van der Waals surface area contributed by atoms with Crippen LogP contribution in [0.4, 0.5) is 5.82 Å². The zero-order valence-electron chi connectivity index (χ0n) is 16.2. The highest BCUT2D eigenvalue weighted by Gasteiger charge is 2.47. The summed E-state index contributed by atoms with van der Waals surface area (Å²) >= 11 is 1.53. The zero-order chi connectivity index (χ0) is 20.7. The van der Waals surface area contributed by atoms with Crippen molar-refractivity contribution in [2.75, 3.05) is 18.9 Å². The number of likely N-dealkylation sites (N-methyl/N-ethyl adjacent to an activating group) is 1. The summed E-state index contributed by atoms with van der Waals surface area (Å²) in [5.74, 6) is 0.560. The molecule has 10 nitrogen and oxygen atoms in total. The van der Waals surface area contributed by atoms with Crippen LogP contribution in [-0.2, 0) is 9.53 Å². The van der Waals surface area contributed by atoms with E-state index in [0.717, 1.165) is 10.4 Å². The van der Waals surface area contributed by atoms with Gasteiger partial charge in [0.1, 0.15) is 12.2 Å². The number of fused-ring (bicyclic) bond motifs is 1. The van der Waals surface area contributed by atoms with E-state index in [9.17, 15) is 15.0 Å². The molecule has 1 aliphatic heterocycles. The fourth-order valence-electron chi connectivity index (χ4n) is 3.32. The van der Waals surface area contributed by atoms with Crippen molar-refractivity contribution in [2.45, 2.75) is 38.4 Å². The van der Waals surface area contributed by atoms with E-state index < -0.39 is 30.4 Å². The highest BCUT2D eigenvalue weighted by molar-refractivity contribution is 7.13. The van der Waals surface area contributed by atoms with Crippen molar-refractivity contribution in [3.05, 3.63) is 23.3 Å². The summed E-state index contributed by atoms with van der Waals surface area (Å²) in [5, 5.41) is 28.5. The van der Waals surface area contributed by atoms with Gasteiger partial charge >= 0.3 is 0 Å². The normalized spacial score (nSPS) is 24.2. The molecule has 4 heterocycles. The van der Waals surface area contributed by atoms with Gasteiger partial charge in [0.05, 0.1) is 11.2 Å². The number of hydrogen-bond acceptors (Lipinski definition) is 9. The summed E-state index contributed by atoms with van der Waals surface area (Å²) in [6.45, 7) is 4.15. The van der Waals surface area contributed by atoms with Crippen molar-refractivity contribution < 1.29 is 19.7 Å². The van der Waals surface area contributed by atoms with Crippen LogP contribution in [0.3, 0.4) is 0 Å². The quantitative estimate of drug-likeness (QED) is 0.475. The van der Waals surface area contributed by atoms with Gasteiger partial charge in [-0.3, -0.25) is 9.36 Å². The lowest BCUT2D eigenvalue weighted by Gasteiger charge is -2.16. The summed E-state index contributed by atoms with van der Waals surface area (Å²) in [4.78, 5) is 26.6. The molecule has 1 saturated heterocycles. The Balaban J connectivity index is 1.77. The number of aromatic nitrogens is 4. The third-order valence-electron chi connectivity index (χ3n) is 4.73. The van der Waals surface area contributed by atoms with Crippen molar-refractivity contribution in [1.82, 2.24) is 24.8 Å². The number of imidazole rings is 1. The van der Waals surface area contributed by atoms with E-state index >= 15 is 0 Å². The van der Waals surface area contributed by atoms with Crippen LogP contribution in [0.25, 0.3) is 21.9 Å². The Morgan fingerprint density at radius 3 is 2.79 bits per heavy atom. The summed E-state index contributed by atoms with van der Waals surface area (Å²) in [5.41, 5.74) is 2.03. The van der Waals surface area contributed by atoms with Crippen molar-refractivity contribution in [2.24, 2.45) is 0 Å². The van der Waals surface area contributed by atoms with Crippen molar-refractivity contribution in [3.8, 4) is 10.7 Å². The van der Waals surface area contributed by atoms with Gasteiger partial charge in [-0.1, -0.05) is 0 Å². The average molecular weight is 418 g/mol. The number of aryl methyl sites for hydroxylation is 1. The van der Waals surface area contributed by atoms with E-state index in [0.29, 0.717) is 29.4 Å². The van der Waals surface area contributed by atoms with Gasteiger partial charge in [0.15, 0.2) is 35.1 Å². The first-order valence-electron chi connectivity index (χ1n) is 9.21. The van der Waals surface area contributed by atoms with E-state index in [-0.39, 0.29) is 0 Å². The first-order chi connectivity index (χ1) is 13.9. The smallest absolute Gasteiger partial charge is 0.252 e. The second kappa shape index (κ2) is 7.67. The fourth-order valence-corrected chi connectivity index (χ4v) is 4.15. The number of hydrogen-bond donors (Lipinski definition) is 4. The fraction of sp³-hybridized carbons (Fsp3) is 0.444. The number of amides is 1. The van der Waals surface area contributed by atoms with Crippen LogP contribution in [0.1, 0.15) is 18.7 Å². The van der Waals surface area contributed by atoms with Gasteiger partial charge in [0, 0.05) is 13.6 Å². The third kappa shape index (κ3) is 3.35. The van der Waals surface area contributed by atoms with Crippen molar-refractivity contribution in [3.63, 3.8) is 0 Å². The number of rotatable bonds is 5. The molecule has 4 atom stereocenters. The molecule has 0 spiro atoms. The minimum absolute atomic E-state index is 0.391. The van der Waals surface area contributed by atoms with Crippen LogP contribution < -0.4 is 10.6 Å². The number of carbonyl (C=O) groups is 1. The Hall–Kier alpha value is -2.60. The van der Waals surface area contributed by atoms with E-state index in [1.807, 2.05) is 18.4 Å². The minimum atomic E-state index is -1.37. The lowest BCUT2D eigenvalue weighted by atomic mass is 10.1. The van der Waals surface area contributed by atoms with E-state index in [4.69, 9.17) is 4.74 Å². The molecule has 11 heteroatoms. The molecule has 0 unspecified atom stereocenters. The minimum Gasteiger partial charge on any atom is -0.387 e. The van der Waals surface area contributed by atoms with Crippen molar-refractivity contribution >= 4 is 34.2 Å². The Bertz CT molecular complexity index is 1050. The van der Waals surface area contributed by atoms with Gasteiger partial charge in [-0.2, -0.15) is 0 Å². The number of aliphatic hydroxyl groups excluding tert-OH is 2. The number of nitrogens with zero attached hydrogens (tertiary/aromatic N) is 4. The Morgan fingerprint density at radius 1 is 1.34 bits per heavy atom. The topological polar surface area (TPSA) is 134 Å². The maximum Gasteiger partial charge on any atom is 0.252 e. The van der Waals surface area contributed by atoms with Crippen LogP contribution in [0.2, 0.25) is 0 Å². The molecule has 1 aliphatic rings. The van der Waals surface area contributed by atoms with Crippen LogP contribution in [-0.4, -0.2) is 67.5 Å². The molecule has 0 bridgehead atoms. The number of anilines is 1. The molecule has 0 aliphatic carbocycles. The number of thiophene rings is 1. The Labute approximate surface area is 170 Å². The number of ether oxygens (including phenoxy) is 1. The maximum absolute atomic E-state index is 12.2. The number of aliphatic hydroxyl groups is 2. The first-order valence-corrected chi connectivity index (χ1v) is 10.1. The predicted molar refractivity (Wildman–Crippen MR) is 108 cm³/mol. The van der Waals surface area contributed by atoms with Gasteiger partial charge in [-0.05, 0) is 30.9 Å². The largest absolute Gasteiger partial charge is 0.387 e. The lowest BCUT2D eigenvalue weighted by molar-refractivity contribution is -0.137. The summed E-state index contributed by atoms with van der Waals surface area (Å²) in [7, 11) is 1.74. The standard InChI is InChI=1S/C18H22N6O4S/c1-4-20-17(27)13-11(25)12(26)18(28-13)24-7-21-10-15(19-3)22-14(23-16(10)24)9-5-8(2)6-29-9/h5-7,11-13,18,25-26H,4H2,1-3H3,(H,20,27)(H,19,22,23)/t11-,12+,13-,18+/m0/s1. The molecule has 0 radical (unpaired) electrons. The second-order valence-electron chi connectivity index (χ2n) is 6.78. The van der Waals surface area contributed by atoms with E-state index in [1.54, 1.807) is 14.0 Å². The Morgan fingerprint density at radius 2 is 2.14 bits per heavy atom. The van der Waals surface area contributed by atoms with Crippen LogP contribution in [0, 0.1) is 6.92 Å². The molecule has 4 N–H and O–H groups in total. The SMILES string of the molecule is CCNC(=O)[C@H]1O[C@@H](n2cnc3c(NC)nc(-c4cc(C)cs4)nc32)[C@H](O)[C@@H]1O. The van der Waals surface area contributed by atoms with E-state index in [1.165, 1.54) is 22.2 Å². The molecular formula is C18H22N6O4S. The molecule has 29 heavy (non-hydrogen) atoms. The van der Waals surface area contributed by atoms with Gasteiger partial charge in [0.25, 0.3) is 5.91 Å². The summed E-state index contributed by atoms with van der Waals surface area (Å²) < 4.78 is 7.23. The average Bonchev–Trinajstić information content (AvgIpc) is 3.40. The predicted octanol–water partition coefficient (Wildman–Crippen LogP) is 0.660. The Kier molecular flexibility index (Phi) is 5.21. The maximum atomic E-state index is 12.2. The first kappa shape index (κ1) is 19.7. The van der Waals surface area contributed by atoms with Crippen LogP contribution in [0.5, 0.6) is 0 Å². The summed E-state index contributed by atoms with van der Waals surface area (Å²) in [6, 6.07) is 1.99. The third-order valence-corrected chi connectivity index (χ3v) is 5.78. The van der Waals surface area contributed by atoms with Crippen LogP contribution >= 0.6 is 11.3 Å².